The monoisotopic (exact) mass is 282 g/mol. The lowest BCUT2D eigenvalue weighted by Gasteiger charge is -2.11. The molecule has 0 aliphatic heterocycles. The van der Waals surface area contributed by atoms with Crippen molar-refractivity contribution in [2.24, 2.45) is 0 Å². The molecule has 108 valence electrons. The smallest absolute Gasteiger partial charge is 0.220 e. The summed E-state index contributed by atoms with van der Waals surface area (Å²) in [6, 6.07) is 13.0. The number of aryl methyl sites for hydroxylation is 2. The Bertz CT molecular complexity index is 650. The molecule has 1 N–H and O–H groups in total. The zero-order valence-corrected chi connectivity index (χ0v) is 12.2. The largest absolute Gasteiger partial charge is 0.464 e. The average Bonchev–Trinajstić information content (AvgIpc) is 2.92. The van der Waals surface area contributed by atoms with Crippen LogP contribution in [0.2, 0.25) is 0 Å². The van der Waals surface area contributed by atoms with Gasteiger partial charge in [-0.1, -0.05) is 12.1 Å². The third-order valence-electron chi connectivity index (χ3n) is 3.29. The SMILES string of the molecule is Cc1ccc(C(C)NC(=O)CCc2ccc(C#N)cc2)o1. The Kier molecular flexibility index (Phi) is 4.78. The quantitative estimate of drug-likeness (QED) is 0.915. The Balaban J connectivity index is 1.83. The molecular weight excluding hydrogens is 264 g/mol. The van der Waals surface area contributed by atoms with Crippen molar-refractivity contribution in [2.45, 2.75) is 32.7 Å². The minimum absolute atomic E-state index is 0.0130. The number of carbonyl (C=O) groups excluding carboxylic acids is 1. The van der Waals surface area contributed by atoms with Crippen molar-refractivity contribution < 1.29 is 9.21 Å². The molecule has 1 aromatic carbocycles. The summed E-state index contributed by atoms with van der Waals surface area (Å²) in [4.78, 5) is 11.9. The van der Waals surface area contributed by atoms with E-state index >= 15 is 0 Å². The maximum absolute atomic E-state index is 11.9. The summed E-state index contributed by atoms with van der Waals surface area (Å²) in [6.45, 7) is 3.78. The number of furan rings is 1. The number of nitrogens with one attached hydrogen (secondary N) is 1. The molecule has 0 fully saturated rings. The lowest BCUT2D eigenvalue weighted by Crippen LogP contribution is -2.26. The van der Waals surface area contributed by atoms with Gasteiger partial charge >= 0.3 is 0 Å². The first-order chi connectivity index (χ1) is 10.1. The predicted molar refractivity (Wildman–Crippen MR) is 79.5 cm³/mol. The molecule has 4 heteroatoms. The number of nitriles is 1. The van der Waals surface area contributed by atoms with Gasteiger partial charge in [0, 0.05) is 6.42 Å². The summed E-state index contributed by atoms with van der Waals surface area (Å²) in [7, 11) is 0. The summed E-state index contributed by atoms with van der Waals surface area (Å²) in [5.41, 5.74) is 1.68. The molecule has 1 amide bonds. The molecule has 4 nitrogen and oxygen atoms in total. The fourth-order valence-electron chi connectivity index (χ4n) is 2.07. The average molecular weight is 282 g/mol. The maximum atomic E-state index is 11.9. The summed E-state index contributed by atoms with van der Waals surface area (Å²) in [5, 5.41) is 11.6. The normalized spacial score (nSPS) is 11.7. The Morgan fingerprint density at radius 2 is 2.00 bits per heavy atom. The van der Waals surface area contributed by atoms with Crippen LogP contribution < -0.4 is 5.32 Å². The second-order valence-electron chi connectivity index (χ2n) is 5.05. The van der Waals surface area contributed by atoms with Gasteiger partial charge in [0.1, 0.15) is 11.5 Å². The first-order valence-electron chi connectivity index (χ1n) is 6.93. The van der Waals surface area contributed by atoms with Gasteiger partial charge in [-0.2, -0.15) is 5.26 Å². The second kappa shape index (κ2) is 6.76. The third kappa shape index (κ3) is 4.22. The lowest BCUT2D eigenvalue weighted by molar-refractivity contribution is -0.121. The minimum Gasteiger partial charge on any atom is -0.464 e. The second-order valence-corrected chi connectivity index (χ2v) is 5.05. The molecule has 0 spiro atoms. The van der Waals surface area contributed by atoms with Crippen LogP contribution >= 0.6 is 0 Å². The van der Waals surface area contributed by atoms with Crippen molar-refractivity contribution in [1.29, 1.82) is 5.26 Å². The molecule has 0 aliphatic carbocycles. The van der Waals surface area contributed by atoms with Crippen LogP contribution in [0.3, 0.4) is 0 Å². The van der Waals surface area contributed by atoms with Crippen LogP contribution in [0.25, 0.3) is 0 Å². The van der Waals surface area contributed by atoms with Gasteiger partial charge in [-0.15, -0.1) is 0 Å². The van der Waals surface area contributed by atoms with Gasteiger partial charge < -0.3 is 9.73 Å². The predicted octanol–water partition coefficient (Wildman–Crippen LogP) is 3.27. The van der Waals surface area contributed by atoms with E-state index in [2.05, 4.69) is 11.4 Å². The van der Waals surface area contributed by atoms with E-state index < -0.39 is 0 Å². The van der Waals surface area contributed by atoms with Crippen LogP contribution in [0.4, 0.5) is 0 Å². The van der Waals surface area contributed by atoms with Crippen molar-refractivity contribution in [1.82, 2.24) is 5.32 Å². The zero-order chi connectivity index (χ0) is 15.2. The highest BCUT2D eigenvalue weighted by atomic mass is 16.3. The highest BCUT2D eigenvalue weighted by Crippen LogP contribution is 2.15. The van der Waals surface area contributed by atoms with Crippen molar-refractivity contribution in [3.05, 3.63) is 59.0 Å². The summed E-state index contributed by atoms with van der Waals surface area (Å²) in [5.74, 6) is 1.59. The highest BCUT2D eigenvalue weighted by molar-refractivity contribution is 5.76. The lowest BCUT2D eigenvalue weighted by atomic mass is 10.1. The van der Waals surface area contributed by atoms with Gasteiger partial charge in [-0.3, -0.25) is 4.79 Å². The van der Waals surface area contributed by atoms with Crippen LogP contribution in [-0.2, 0) is 11.2 Å². The number of hydrogen-bond acceptors (Lipinski definition) is 3. The topological polar surface area (TPSA) is 66.0 Å². The molecular formula is C17H18N2O2. The molecule has 0 saturated heterocycles. The van der Waals surface area contributed by atoms with Crippen molar-refractivity contribution in [2.75, 3.05) is 0 Å². The molecule has 2 aromatic rings. The third-order valence-corrected chi connectivity index (χ3v) is 3.29. The molecule has 2 rings (SSSR count). The molecule has 1 aromatic heterocycles. The molecule has 1 heterocycles. The fraction of sp³-hybridized carbons (Fsp3) is 0.294. The zero-order valence-electron chi connectivity index (χ0n) is 12.2. The first kappa shape index (κ1) is 14.9. The molecule has 0 saturated carbocycles. The highest BCUT2D eigenvalue weighted by Gasteiger charge is 2.12. The number of rotatable bonds is 5. The summed E-state index contributed by atoms with van der Waals surface area (Å²) < 4.78 is 5.49. The molecule has 0 aliphatic rings. The van der Waals surface area contributed by atoms with E-state index in [1.807, 2.05) is 38.1 Å². The van der Waals surface area contributed by atoms with E-state index in [0.717, 1.165) is 17.1 Å². The maximum Gasteiger partial charge on any atom is 0.220 e. The fourth-order valence-corrected chi connectivity index (χ4v) is 2.07. The van der Waals surface area contributed by atoms with E-state index in [1.54, 1.807) is 12.1 Å². The molecule has 1 atom stereocenters. The van der Waals surface area contributed by atoms with Crippen LogP contribution in [0.5, 0.6) is 0 Å². The van der Waals surface area contributed by atoms with E-state index in [1.165, 1.54) is 0 Å². The minimum atomic E-state index is -0.132. The van der Waals surface area contributed by atoms with Crippen molar-refractivity contribution >= 4 is 5.91 Å². The van der Waals surface area contributed by atoms with Crippen LogP contribution in [-0.4, -0.2) is 5.91 Å². The van der Waals surface area contributed by atoms with Crippen molar-refractivity contribution in [3.8, 4) is 6.07 Å². The van der Waals surface area contributed by atoms with E-state index in [9.17, 15) is 4.79 Å². The molecule has 1 unspecified atom stereocenters. The Morgan fingerprint density at radius 1 is 1.29 bits per heavy atom. The van der Waals surface area contributed by atoms with Gasteiger partial charge in [0.25, 0.3) is 0 Å². The summed E-state index contributed by atoms with van der Waals surface area (Å²) >= 11 is 0. The first-order valence-corrected chi connectivity index (χ1v) is 6.93. The van der Waals surface area contributed by atoms with Crippen LogP contribution in [0.1, 0.15) is 42.0 Å². The number of nitrogens with zero attached hydrogens (tertiary/aromatic N) is 1. The molecule has 21 heavy (non-hydrogen) atoms. The molecule has 0 radical (unpaired) electrons. The summed E-state index contributed by atoms with van der Waals surface area (Å²) in [6.07, 6.45) is 1.07. The Hall–Kier alpha value is -2.54. The number of benzene rings is 1. The van der Waals surface area contributed by atoms with Gasteiger partial charge in [-0.25, -0.2) is 0 Å². The van der Waals surface area contributed by atoms with E-state index in [4.69, 9.17) is 9.68 Å². The molecule has 0 bridgehead atoms. The number of carbonyl (C=O) groups is 1. The van der Waals surface area contributed by atoms with E-state index in [-0.39, 0.29) is 11.9 Å². The van der Waals surface area contributed by atoms with Gasteiger partial charge in [-0.05, 0) is 50.1 Å². The Labute approximate surface area is 124 Å². The Morgan fingerprint density at radius 3 is 2.57 bits per heavy atom. The van der Waals surface area contributed by atoms with Crippen LogP contribution in [0.15, 0.2) is 40.8 Å². The van der Waals surface area contributed by atoms with Crippen LogP contribution in [0, 0.1) is 18.3 Å². The number of hydrogen-bond donors (Lipinski definition) is 1. The van der Waals surface area contributed by atoms with Crippen molar-refractivity contribution in [3.63, 3.8) is 0 Å². The number of amides is 1. The standard InChI is InChI=1S/C17H18N2O2/c1-12-3-9-16(21-12)13(2)19-17(20)10-8-14-4-6-15(11-18)7-5-14/h3-7,9,13H,8,10H2,1-2H3,(H,19,20). The van der Waals surface area contributed by atoms with Gasteiger partial charge in [0.05, 0.1) is 17.7 Å². The van der Waals surface area contributed by atoms with E-state index in [0.29, 0.717) is 18.4 Å². The van der Waals surface area contributed by atoms with Gasteiger partial charge in [0.2, 0.25) is 5.91 Å². The van der Waals surface area contributed by atoms with Gasteiger partial charge in [0.15, 0.2) is 0 Å².